The topological polar surface area (TPSA) is 81.5 Å². The molecule has 1 unspecified atom stereocenters. The number of hydrogen-bond donors (Lipinski definition) is 1. The number of fused-ring (bicyclic) bond motifs is 1. The van der Waals surface area contributed by atoms with Crippen molar-refractivity contribution in [2.24, 2.45) is 11.8 Å². The maximum atomic E-state index is 13.3. The zero-order valence-electron chi connectivity index (χ0n) is 16.4. The minimum atomic E-state index is -4.56. The Morgan fingerprint density at radius 2 is 2.13 bits per heavy atom. The number of piperidine rings is 1. The molecule has 156 valence electrons. The molecule has 1 N–H and O–H groups in total. The number of rotatable bonds is 4. The second-order valence-corrected chi connectivity index (χ2v) is 7.90. The predicted molar refractivity (Wildman–Crippen MR) is 105 cm³/mol. The lowest BCUT2D eigenvalue weighted by atomic mass is 9.85. The fraction of sp³-hybridized carbons (Fsp3) is 0.429. The first-order chi connectivity index (χ1) is 14.3. The van der Waals surface area contributed by atoms with Gasteiger partial charge in [0.25, 0.3) is 0 Å². The molecule has 0 bridgehead atoms. The van der Waals surface area contributed by atoms with Crippen molar-refractivity contribution in [3.63, 3.8) is 0 Å². The van der Waals surface area contributed by atoms with E-state index < -0.39 is 12.2 Å². The van der Waals surface area contributed by atoms with E-state index in [1.807, 2.05) is 25.1 Å². The third-order valence-electron chi connectivity index (χ3n) is 5.48. The smallest absolute Gasteiger partial charge is 0.345 e. The van der Waals surface area contributed by atoms with Crippen molar-refractivity contribution >= 4 is 11.2 Å². The average molecular weight is 414 g/mol. The highest BCUT2D eigenvalue weighted by molar-refractivity contribution is 5.74. The van der Waals surface area contributed by atoms with Crippen LogP contribution in [0.5, 0.6) is 0 Å². The van der Waals surface area contributed by atoms with E-state index in [1.165, 1.54) is 11.0 Å². The maximum absolute atomic E-state index is 13.3. The SMILES string of the molecule is C[C@H]1C[C@H](Cc2ncccc2-c2cnc3[nH]ccc3n2)CN(C(C#N)C(F)(F)F)C1. The molecule has 0 saturated carbocycles. The lowest BCUT2D eigenvalue weighted by Crippen LogP contribution is -2.51. The summed E-state index contributed by atoms with van der Waals surface area (Å²) in [6, 6.07) is 4.91. The van der Waals surface area contributed by atoms with Crippen molar-refractivity contribution < 1.29 is 13.2 Å². The first-order valence-electron chi connectivity index (χ1n) is 9.80. The highest BCUT2D eigenvalue weighted by Gasteiger charge is 2.46. The number of H-pyrrole nitrogens is 1. The van der Waals surface area contributed by atoms with Crippen molar-refractivity contribution in [1.29, 1.82) is 5.26 Å². The summed E-state index contributed by atoms with van der Waals surface area (Å²) in [5.74, 6) is 0.0228. The Morgan fingerprint density at radius 1 is 1.30 bits per heavy atom. The highest BCUT2D eigenvalue weighted by atomic mass is 19.4. The van der Waals surface area contributed by atoms with Gasteiger partial charge in [0.05, 0.1) is 23.7 Å². The number of aromatic nitrogens is 4. The molecular formula is C21H21F3N6. The Bertz CT molecular complexity index is 1070. The zero-order valence-corrected chi connectivity index (χ0v) is 16.4. The molecule has 30 heavy (non-hydrogen) atoms. The Labute approximate surface area is 171 Å². The molecule has 9 heteroatoms. The first kappa shape index (κ1) is 20.3. The van der Waals surface area contributed by atoms with Crippen LogP contribution in [0.2, 0.25) is 0 Å². The first-order valence-corrected chi connectivity index (χ1v) is 9.80. The molecule has 0 aromatic carbocycles. The van der Waals surface area contributed by atoms with E-state index in [4.69, 9.17) is 5.26 Å². The third-order valence-corrected chi connectivity index (χ3v) is 5.48. The fourth-order valence-corrected chi connectivity index (χ4v) is 4.31. The molecule has 1 fully saturated rings. The zero-order chi connectivity index (χ0) is 21.3. The Morgan fingerprint density at radius 3 is 2.90 bits per heavy atom. The molecule has 3 aromatic rings. The van der Waals surface area contributed by atoms with Crippen LogP contribution < -0.4 is 0 Å². The van der Waals surface area contributed by atoms with Gasteiger partial charge in [-0.2, -0.15) is 18.4 Å². The van der Waals surface area contributed by atoms with Gasteiger partial charge in [-0.05, 0) is 42.9 Å². The van der Waals surface area contributed by atoms with Crippen LogP contribution in [-0.2, 0) is 6.42 Å². The van der Waals surface area contributed by atoms with Crippen LogP contribution >= 0.6 is 0 Å². The van der Waals surface area contributed by atoms with Gasteiger partial charge in [-0.25, -0.2) is 9.97 Å². The van der Waals surface area contributed by atoms with Crippen molar-refractivity contribution in [2.75, 3.05) is 13.1 Å². The van der Waals surface area contributed by atoms with Gasteiger partial charge < -0.3 is 4.98 Å². The van der Waals surface area contributed by atoms with Gasteiger partial charge in [0.1, 0.15) is 5.52 Å². The van der Waals surface area contributed by atoms with E-state index in [0.717, 1.165) is 23.2 Å². The number of pyridine rings is 1. The van der Waals surface area contributed by atoms with Gasteiger partial charge in [-0.1, -0.05) is 6.92 Å². The number of hydrogen-bond acceptors (Lipinski definition) is 5. The summed E-state index contributed by atoms with van der Waals surface area (Å²) < 4.78 is 39.8. The summed E-state index contributed by atoms with van der Waals surface area (Å²) in [6.45, 7) is 2.40. The quantitative estimate of drug-likeness (QED) is 0.699. The fourth-order valence-electron chi connectivity index (χ4n) is 4.31. The van der Waals surface area contributed by atoms with Crippen LogP contribution in [0.15, 0.2) is 36.8 Å². The molecule has 1 aliphatic heterocycles. The van der Waals surface area contributed by atoms with E-state index >= 15 is 0 Å². The normalized spacial score (nSPS) is 21.4. The number of halogens is 3. The molecule has 0 amide bonds. The monoisotopic (exact) mass is 414 g/mol. The average Bonchev–Trinajstić information content (AvgIpc) is 3.15. The van der Waals surface area contributed by atoms with Gasteiger partial charge in [-0.3, -0.25) is 9.88 Å². The third kappa shape index (κ3) is 4.14. The number of nitriles is 1. The second kappa shape index (κ2) is 8.03. The van der Waals surface area contributed by atoms with Gasteiger partial charge in [-0.15, -0.1) is 0 Å². The van der Waals surface area contributed by atoms with Crippen molar-refractivity contribution in [1.82, 2.24) is 24.8 Å². The summed E-state index contributed by atoms with van der Waals surface area (Å²) in [5.41, 5.74) is 3.71. The number of nitrogens with one attached hydrogen (secondary N) is 1. The lowest BCUT2D eigenvalue weighted by molar-refractivity contribution is -0.174. The minimum absolute atomic E-state index is 0.0375. The van der Waals surface area contributed by atoms with Gasteiger partial charge in [0, 0.05) is 31.0 Å². The molecule has 4 rings (SSSR count). The number of likely N-dealkylation sites (tertiary alicyclic amines) is 1. The minimum Gasteiger partial charge on any atom is -0.345 e. The van der Waals surface area contributed by atoms with E-state index in [2.05, 4.69) is 19.9 Å². The Hall–Kier alpha value is -2.99. The van der Waals surface area contributed by atoms with Gasteiger partial charge in [0.2, 0.25) is 0 Å². The number of alkyl halides is 3. The molecule has 0 radical (unpaired) electrons. The predicted octanol–water partition coefficient (Wildman–Crippen LogP) is 3.97. The molecule has 4 heterocycles. The Kier molecular flexibility index (Phi) is 5.43. The van der Waals surface area contributed by atoms with Crippen molar-refractivity contribution in [3.8, 4) is 17.3 Å². The van der Waals surface area contributed by atoms with Crippen LogP contribution in [0, 0.1) is 23.2 Å². The van der Waals surface area contributed by atoms with E-state index in [-0.39, 0.29) is 24.9 Å². The molecule has 3 atom stereocenters. The van der Waals surface area contributed by atoms with Crippen molar-refractivity contribution in [3.05, 3.63) is 42.5 Å². The van der Waals surface area contributed by atoms with E-state index in [0.29, 0.717) is 17.8 Å². The maximum Gasteiger partial charge on any atom is 0.417 e. The number of nitrogens with zero attached hydrogens (tertiary/aromatic N) is 5. The van der Waals surface area contributed by atoms with Crippen LogP contribution in [-0.4, -0.2) is 50.1 Å². The molecular weight excluding hydrogens is 393 g/mol. The standard InChI is InChI=1S/C21H21F3N6/c1-13-7-14(12-30(11-13)19(9-25)21(22,23)24)8-17-15(3-2-5-26-17)18-10-28-20-16(29-18)4-6-27-20/h2-6,10,13-14,19H,7-8,11-12H2,1H3,(H,27,28)/t13-,14+,19?/m0/s1. The summed E-state index contributed by atoms with van der Waals surface area (Å²) in [5, 5.41) is 9.10. The van der Waals surface area contributed by atoms with Crippen molar-refractivity contribution in [2.45, 2.75) is 32.0 Å². The summed E-state index contributed by atoms with van der Waals surface area (Å²) >= 11 is 0. The van der Waals surface area contributed by atoms with Crippen LogP contribution in [0.4, 0.5) is 13.2 Å². The largest absolute Gasteiger partial charge is 0.417 e. The second-order valence-electron chi connectivity index (χ2n) is 7.90. The highest BCUT2D eigenvalue weighted by Crippen LogP contribution is 2.33. The van der Waals surface area contributed by atoms with E-state index in [1.54, 1.807) is 18.6 Å². The van der Waals surface area contributed by atoms with E-state index in [9.17, 15) is 13.2 Å². The van der Waals surface area contributed by atoms with Gasteiger partial charge in [0.15, 0.2) is 11.7 Å². The number of aromatic amines is 1. The molecule has 6 nitrogen and oxygen atoms in total. The van der Waals surface area contributed by atoms with Crippen LogP contribution in [0.3, 0.4) is 0 Å². The van der Waals surface area contributed by atoms with Crippen LogP contribution in [0.25, 0.3) is 22.4 Å². The van der Waals surface area contributed by atoms with Crippen LogP contribution in [0.1, 0.15) is 19.0 Å². The summed E-state index contributed by atoms with van der Waals surface area (Å²) in [6.07, 6.45) is 1.85. The molecule has 0 aliphatic carbocycles. The molecule has 0 spiro atoms. The summed E-state index contributed by atoms with van der Waals surface area (Å²) in [7, 11) is 0. The van der Waals surface area contributed by atoms with Gasteiger partial charge >= 0.3 is 6.18 Å². The lowest BCUT2D eigenvalue weighted by Gasteiger charge is -2.39. The Balaban J connectivity index is 1.59. The molecule has 1 aliphatic rings. The summed E-state index contributed by atoms with van der Waals surface area (Å²) in [4.78, 5) is 17.8. The molecule has 1 saturated heterocycles. The molecule has 3 aromatic heterocycles.